The molecule has 4 aliphatic carbocycles. The van der Waals surface area contributed by atoms with Crippen molar-refractivity contribution in [3.63, 3.8) is 0 Å². The van der Waals surface area contributed by atoms with Crippen molar-refractivity contribution in [2.24, 2.45) is 28.6 Å². The van der Waals surface area contributed by atoms with E-state index >= 15 is 0 Å². The molecule has 0 aromatic carbocycles. The van der Waals surface area contributed by atoms with Crippen LogP contribution in [0.2, 0.25) is 0 Å². The highest BCUT2D eigenvalue weighted by Gasteiger charge is 2.65. The monoisotopic (exact) mass is 291 g/mol. The first-order chi connectivity index (χ1) is 10.0. The zero-order valence-electron chi connectivity index (χ0n) is 14.0. The molecule has 2 nitrogen and oxygen atoms in total. The molecule has 0 heterocycles. The fraction of sp³-hybridized carbons (Fsp3) is 1.00. The van der Waals surface area contributed by atoms with Crippen molar-refractivity contribution < 1.29 is 5.11 Å². The fourth-order valence-electron chi connectivity index (χ4n) is 7.25. The van der Waals surface area contributed by atoms with Crippen LogP contribution in [0.3, 0.4) is 0 Å². The zero-order chi connectivity index (χ0) is 14.7. The van der Waals surface area contributed by atoms with E-state index in [1.54, 1.807) is 0 Å². The summed E-state index contributed by atoms with van der Waals surface area (Å²) in [6.07, 6.45) is 13.1. The second kappa shape index (κ2) is 4.71. The van der Waals surface area contributed by atoms with Crippen molar-refractivity contribution in [1.82, 2.24) is 5.32 Å². The maximum Gasteiger partial charge on any atom is 0.0684 e. The lowest BCUT2D eigenvalue weighted by molar-refractivity contribution is -0.183. The molecular formula is C19H33NO. The molecule has 1 spiro atoms. The van der Waals surface area contributed by atoms with Crippen LogP contribution in [-0.4, -0.2) is 24.3 Å². The predicted molar refractivity (Wildman–Crippen MR) is 86.1 cm³/mol. The predicted octanol–water partition coefficient (Wildman–Crippen LogP) is 3.73. The van der Waals surface area contributed by atoms with Gasteiger partial charge in [-0.05, 0) is 93.5 Å². The number of hydrogen-bond acceptors (Lipinski definition) is 2. The van der Waals surface area contributed by atoms with E-state index in [0.717, 1.165) is 24.7 Å². The molecule has 0 aromatic rings. The van der Waals surface area contributed by atoms with Crippen molar-refractivity contribution in [1.29, 1.82) is 0 Å². The molecule has 21 heavy (non-hydrogen) atoms. The Balaban J connectivity index is 1.62. The summed E-state index contributed by atoms with van der Waals surface area (Å²) in [5, 5.41) is 14.8. The third kappa shape index (κ3) is 1.97. The molecule has 2 heteroatoms. The first kappa shape index (κ1) is 14.5. The molecule has 0 amide bonds. The summed E-state index contributed by atoms with van der Waals surface area (Å²) in [5.41, 5.74) is 0.714. The summed E-state index contributed by atoms with van der Waals surface area (Å²) < 4.78 is 0. The summed E-state index contributed by atoms with van der Waals surface area (Å²) in [6, 6.07) is 0. The Morgan fingerprint density at radius 2 is 1.90 bits per heavy atom. The molecule has 0 radical (unpaired) electrons. The van der Waals surface area contributed by atoms with Crippen LogP contribution in [0, 0.1) is 28.6 Å². The zero-order valence-corrected chi connectivity index (χ0v) is 14.0. The van der Waals surface area contributed by atoms with Crippen LogP contribution >= 0.6 is 0 Å². The number of aliphatic hydroxyl groups is 1. The Hall–Kier alpha value is -0.0800. The van der Waals surface area contributed by atoms with Gasteiger partial charge in [-0.1, -0.05) is 19.8 Å². The van der Waals surface area contributed by atoms with E-state index < -0.39 is 0 Å². The molecule has 0 aromatic heterocycles. The van der Waals surface area contributed by atoms with Crippen molar-refractivity contribution >= 4 is 0 Å². The third-order valence-electron chi connectivity index (χ3n) is 8.15. The number of fused-ring (bicyclic) bond motifs is 5. The van der Waals surface area contributed by atoms with E-state index in [1.807, 2.05) is 0 Å². The van der Waals surface area contributed by atoms with Gasteiger partial charge in [-0.15, -0.1) is 0 Å². The number of rotatable bonds is 2. The SMILES string of the molecule is CNCC1CCCC12CC1C2CCC2(C)CCCC1(O)C2. The highest BCUT2D eigenvalue weighted by atomic mass is 16.3. The molecule has 6 unspecified atom stereocenters. The van der Waals surface area contributed by atoms with E-state index in [4.69, 9.17) is 0 Å². The van der Waals surface area contributed by atoms with Crippen LogP contribution in [-0.2, 0) is 0 Å². The number of nitrogens with one attached hydrogen (secondary N) is 1. The normalized spacial score (nSPS) is 55.9. The smallest absolute Gasteiger partial charge is 0.0684 e. The average Bonchev–Trinajstić information content (AvgIpc) is 2.79. The summed E-state index contributed by atoms with van der Waals surface area (Å²) in [6.45, 7) is 3.65. The molecule has 4 rings (SSSR count). The van der Waals surface area contributed by atoms with Gasteiger partial charge in [0, 0.05) is 0 Å². The first-order valence-electron chi connectivity index (χ1n) is 9.38. The molecule has 2 N–H and O–H groups in total. The first-order valence-corrected chi connectivity index (χ1v) is 9.38. The molecule has 4 aliphatic rings. The van der Waals surface area contributed by atoms with Crippen LogP contribution in [0.5, 0.6) is 0 Å². The fourth-order valence-corrected chi connectivity index (χ4v) is 7.25. The topological polar surface area (TPSA) is 32.3 Å². The second-order valence-corrected chi connectivity index (χ2v) is 9.28. The van der Waals surface area contributed by atoms with Crippen LogP contribution in [0.4, 0.5) is 0 Å². The lowest BCUT2D eigenvalue weighted by atomic mass is 9.45. The van der Waals surface area contributed by atoms with Crippen molar-refractivity contribution in [3.05, 3.63) is 0 Å². The highest BCUT2D eigenvalue weighted by molar-refractivity contribution is 5.15. The molecule has 0 saturated heterocycles. The average molecular weight is 291 g/mol. The van der Waals surface area contributed by atoms with Crippen LogP contribution in [0.15, 0.2) is 0 Å². The van der Waals surface area contributed by atoms with Gasteiger partial charge in [0.05, 0.1) is 5.60 Å². The minimum atomic E-state index is -0.313. The van der Waals surface area contributed by atoms with E-state index in [0.29, 0.717) is 16.7 Å². The summed E-state index contributed by atoms with van der Waals surface area (Å²) in [5.74, 6) is 2.32. The van der Waals surface area contributed by atoms with Gasteiger partial charge in [0.15, 0.2) is 0 Å². The lowest BCUT2D eigenvalue weighted by Gasteiger charge is -2.61. The Morgan fingerprint density at radius 3 is 2.71 bits per heavy atom. The minimum absolute atomic E-state index is 0.313. The summed E-state index contributed by atoms with van der Waals surface area (Å²) >= 11 is 0. The Morgan fingerprint density at radius 1 is 1.05 bits per heavy atom. The molecule has 6 atom stereocenters. The van der Waals surface area contributed by atoms with Gasteiger partial charge in [-0.25, -0.2) is 0 Å². The molecule has 4 saturated carbocycles. The Bertz CT molecular complexity index is 424. The lowest BCUT2D eigenvalue weighted by Crippen LogP contribution is -2.60. The standard InChI is InChI=1S/C19H33NO/c1-17-7-4-9-19(21,13-17)16-11-18(15(16)6-10-17)8-3-5-14(18)12-20-2/h14-16,20-21H,3-13H2,1-2H3. The maximum absolute atomic E-state index is 11.4. The van der Waals surface area contributed by atoms with E-state index in [9.17, 15) is 5.11 Å². The second-order valence-electron chi connectivity index (χ2n) is 9.28. The van der Waals surface area contributed by atoms with Gasteiger partial charge >= 0.3 is 0 Å². The van der Waals surface area contributed by atoms with Gasteiger partial charge in [0.2, 0.25) is 0 Å². The van der Waals surface area contributed by atoms with Gasteiger partial charge in [-0.3, -0.25) is 0 Å². The number of hydrogen-bond donors (Lipinski definition) is 2. The quantitative estimate of drug-likeness (QED) is 0.812. The van der Waals surface area contributed by atoms with Crippen LogP contribution < -0.4 is 5.32 Å². The minimum Gasteiger partial charge on any atom is -0.390 e. The molecule has 2 bridgehead atoms. The maximum atomic E-state index is 11.4. The molecular weight excluding hydrogens is 258 g/mol. The third-order valence-corrected chi connectivity index (χ3v) is 8.15. The summed E-state index contributed by atoms with van der Waals surface area (Å²) in [7, 11) is 2.11. The van der Waals surface area contributed by atoms with E-state index in [1.165, 1.54) is 57.9 Å². The van der Waals surface area contributed by atoms with Crippen molar-refractivity contribution in [3.8, 4) is 0 Å². The highest BCUT2D eigenvalue weighted by Crippen LogP contribution is 2.70. The molecule has 120 valence electrons. The Labute approximate surface area is 130 Å². The van der Waals surface area contributed by atoms with Crippen LogP contribution in [0.1, 0.15) is 71.1 Å². The van der Waals surface area contributed by atoms with Gasteiger partial charge in [0.1, 0.15) is 0 Å². The van der Waals surface area contributed by atoms with E-state index in [2.05, 4.69) is 19.3 Å². The molecule has 4 fully saturated rings. The molecule has 0 aliphatic heterocycles. The summed E-state index contributed by atoms with van der Waals surface area (Å²) in [4.78, 5) is 0. The largest absolute Gasteiger partial charge is 0.390 e. The van der Waals surface area contributed by atoms with Crippen LogP contribution in [0.25, 0.3) is 0 Å². The Kier molecular flexibility index (Phi) is 3.25. The van der Waals surface area contributed by atoms with E-state index in [-0.39, 0.29) is 5.60 Å². The van der Waals surface area contributed by atoms with Gasteiger partial charge < -0.3 is 10.4 Å². The van der Waals surface area contributed by atoms with Crippen molar-refractivity contribution in [2.45, 2.75) is 76.7 Å². The van der Waals surface area contributed by atoms with Crippen molar-refractivity contribution in [2.75, 3.05) is 13.6 Å². The van der Waals surface area contributed by atoms with Gasteiger partial charge in [-0.2, -0.15) is 0 Å². The van der Waals surface area contributed by atoms with Gasteiger partial charge in [0.25, 0.3) is 0 Å².